The second-order valence-corrected chi connectivity index (χ2v) is 5.54. The van der Waals surface area contributed by atoms with Gasteiger partial charge < -0.3 is 5.32 Å². The van der Waals surface area contributed by atoms with Gasteiger partial charge in [-0.3, -0.25) is 0 Å². The minimum Gasteiger partial charge on any atom is -0.369 e. The van der Waals surface area contributed by atoms with Gasteiger partial charge in [0.25, 0.3) is 0 Å². The van der Waals surface area contributed by atoms with Crippen molar-refractivity contribution < 1.29 is 0 Å². The van der Waals surface area contributed by atoms with Gasteiger partial charge in [-0.05, 0) is 42.3 Å². The van der Waals surface area contributed by atoms with Crippen LogP contribution >= 0.6 is 15.9 Å². The number of aryl methyl sites for hydroxylation is 2. The predicted octanol–water partition coefficient (Wildman–Crippen LogP) is 3.88. The first-order valence-electron chi connectivity index (χ1n) is 6.41. The molecule has 0 amide bonds. The van der Waals surface area contributed by atoms with Crippen molar-refractivity contribution in [1.29, 1.82) is 0 Å². The van der Waals surface area contributed by atoms with Gasteiger partial charge in [-0.2, -0.15) is 0 Å². The summed E-state index contributed by atoms with van der Waals surface area (Å²) in [6, 6.07) is 6.55. The van der Waals surface area contributed by atoms with Gasteiger partial charge in [-0.25, -0.2) is 9.97 Å². The molecule has 0 bridgehead atoms. The zero-order valence-electron chi connectivity index (χ0n) is 11.5. The lowest BCUT2D eigenvalue weighted by Gasteiger charge is -2.08. The van der Waals surface area contributed by atoms with E-state index in [0.717, 1.165) is 29.1 Å². The van der Waals surface area contributed by atoms with Crippen molar-refractivity contribution in [1.82, 2.24) is 9.97 Å². The second-order valence-electron chi connectivity index (χ2n) is 4.69. The molecule has 1 heterocycles. The summed E-state index contributed by atoms with van der Waals surface area (Å²) in [6.45, 7) is 7.13. The van der Waals surface area contributed by atoms with E-state index >= 15 is 0 Å². The summed E-state index contributed by atoms with van der Waals surface area (Å²) in [5.74, 6) is 1.70. The summed E-state index contributed by atoms with van der Waals surface area (Å²) in [4.78, 5) is 8.93. The van der Waals surface area contributed by atoms with E-state index in [2.05, 4.69) is 70.2 Å². The van der Waals surface area contributed by atoms with Crippen LogP contribution in [-0.4, -0.2) is 16.5 Å². The number of hydrogen-bond acceptors (Lipinski definition) is 3. The first-order valence-corrected chi connectivity index (χ1v) is 7.20. The zero-order chi connectivity index (χ0) is 13.8. The van der Waals surface area contributed by atoms with Crippen LogP contribution in [0.4, 0.5) is 5.82 Å². The Morgan fingerprint density at radius 3 is 2.47 bits per heavy atom. The largest absolute Gasteiger partial charge is 0.369 e. The fraction of sp³-hybridized carbons (Fsp3) is 0.333. The Kier molecular flexibility index (Phi) is 4.53. The van der Waals surface area contributed by atoms with Gasteiger partial charge >= 0.3 is 0 Å². The van der Waals surface area contributed by atoms with Crippen molar-refractivity contribution in [2.24, 2.45) is 0 Å². The summed E-state index contributed by atoms with van der Waals surface area (Å²) in [7, 11) is 0. The SMILES string of the molecule is CCNc1nc(Cc2cc(C)cc(C)c2)ncc1Br. The van der Waals surface area contributed by atoms with Crippen molar-refractivity contribution in [3.8, 4) is 0 Å². The van der Waals surface area contributed by atoms with E-state index in [1.54, 1.807) is 0 Å². The molecule has 0 aliphatic carbocycles. The predicted molar refractivity (Wildman–Crippen MR) is 82.6 cm³/mol. The summed E-state index contributed by atoms with van der Waals surface area (Å²) in [6.07, 6.45) is 2.57. The Morgan fingerprint density at radius 1 is 1.16 bits per heavy atom. The summed E-state index contributed by atoms with van der Waals surface area (Å²) in [5.41, 5.74) is 3.81. The highest BCUT2D eigenvalue weighted by Crippen LogP contribution is 2.19. The highest BCUT2D eigenvalue weighted by atomic mass is 79.9. The summed E-state index contributed by atoms with van der Waals surface area (Å²) >= 11 is 3.45. The fourth-order valence-corrected chi connectivity index (χ4v) is 2.47. The molecule has 1 N–H and O–H groups in total. The average Bonchev–Trinajstić information content (AvgIpc) is 2.32. The van der Waals surface area contributed by atoms with E-state index in [1.165, 1.54) is 16.7 Å². The first-order chi connectivity index (χ1) is 9.08. The van der Waals surface area contributed by atoms with E-state index < -0.39 is 0 Å². The van der Waals surface area contributed by atoms with Gasteiger partial charge in [0.15, 0.2) is 0 Å². The van der Waals surface area contributed by atoms with Crippen molar-refractivity contribution in [2.45, 2.75) is 27.2 Å². The molecule has 3 nitrogen and oxygen atoms in total. The molecule has 0 aliphatic rings. The topological polar surface area (TPSA) is 37.8 Å². The van der Waals surface area contributed by atoms with E-state index in [9.17, 15) is 0 Å². The van der Waals surface area contributed by atoms with Crippen LogP contribution in [-0.2, 0) is 6.42 Å². The van der Waals surface area contributed by atoms with Gasteiger partial charge in [0, 0.05) is 19.2 Å². The van der Waals surface area contributed by atoms with Crippen molar-refractivity contribution in [3.63, 3.8) is 0 Å². The van der Waals surface area contributed by atoms with Gasteiger partial charge in [0.05, 0.1) is 4.47 Å². The van der Waals surface area contributed by atoms with Crippen molar-refractivity contribution >= 4 is 21.7 Å². The lowest BCUT2D eigenvalue weighted by atomic mass is 10.0. The van der Waals surface area contributed by atoms with E-state index in [-0.39, 0.29) is 0 Å². The Balaban J connectivity index is 2.25. The maximum absolute atomic E-state index is 4.55. The normalized spacial score (nSPS) is 10.5. The van der Waals surface area contributed by atoms with E-state index in [0.29, 0.717) is 0 Å². The molecule has 100 valence electrons. The minimum absolute atomic E-state index is 0.758. The molecule has 0 unspecified atom stereocenters. The Hall–Kier alpha value is -1.42. The van der Waals surface area contributed by atoms with Crippen LogP contribution < -0.4 is 5.32 Å². The number of nitrogens with one attached hydrogen (secondary N) is 1. The van der Waals surface area contributed by atoms with Gasteiger partial charge in [-0.15, -0.1) is 0 Å². The van der Waals surface area contributed by atoms with E-state index in [4.69, 9.17) is 0 Å². The number of rotatable bonds is 4. The van der Waals surface area contributed by atoms with Crippen molar-refractivity contribution in [3.05, 3.63) is 51.4 Å². The highest BCUT2D eigenvalue weighted by Gasteiger charge is 2.06. The van der Waals surface area contributed by atoms with Gasteiger partial charge in [0.1, 0.15) is 11.6 Å². The van der Waals surface area contributed by atoms with Crippen LogP contribution in [0, 0.1) is 13.8 Å². The fourth-order valence-electron chi connectivity index (χ4n) is 2.13. The molecule has 0 aliphatic heterocycles. The molecule has 0 saturated carbocycles. The molecule has 0 spiro atoms. The number of nitrogens with zero attached hydrogens (tertiary/aromatic N) is 2. The van der Waals surface area contributed by atoms with Crippen LogP contribution in [0.25, 0.3) is 0 Å². The summed E-state index contributed by atoms with van der Waals surface area (Å²) < 4.78 is 0.901. The van der Waals surface area contributed by atoms with Crippen LogP contribution in [0.15, 0.2) is 28.9 Å². The number of benzene rings is 1. The highest BCUT2D eigenvalue weighted by molar-refractivity contribution is 9.10. The molecule has 0 radical (unpaired) electrons. The van der Waals surface area contributed by atoms with Crippen LogP contribution in [0.5, 0.6) is 0 Å². The Morgan fingerprint density at radius 2 is 1.84 bits per heavy atom. The number of aromatic nitrogens is 2. The third kappa shape index (κ3) is 3.77. The number of halogens is 1. The third-order valence-corrected chi connectivity index (χ3v) is 3.36. The summed E-state index contributed by atoms with van der Waals surface area (Å²) in [5, 5.41) is 3.23. The lowest BCUT2D eigenvalue weighted by Crippen LogP contribution is -2.05. The monoisotopic (exact) mass is 319 g/mol. The van der Waals surface area contributed by atoms with Gasteiger partial charge in [0.2, 0.25) is 0 Å². The van der Waals surface area contributed by atoms with Crippen LogP contribution in [0.3, 0.4) is 0 Å². The lowest BCUT2D eigenvalue weighted by molar-refractivity contribution is 0.953. The maximum Gasteiger partial charge on any atom is 0.144 e. The van der Waals surface area contributed by atoms with Gasteiger partial charge in [-0.1, -0.05) is 29.3 Å². The Bertz CT molecular complexity index is 561. The Labute approximate surface area is 122 Å². The quantitative estimate of drug-likeness (QED) is 0.929. The average molecular weight is 320 g/mol. The molecule has 0 atom stereocenters. The molecule has 0 saturated heterocycles. The molecular formula is C15H18BrN3. The molecule has 0 fully saturated rings. The number of anilines is 1. The standard InChI is InChI=1S/C15H18BrN3/c1-4-17-15-13(16)9-18-14(19-15)8-12-6-10(2)5-11(3)7-12/h5-7,9H,4,8H2,1-3H3,(H,17,18,19). The zero-order valence-corrected chi connectivity index (χ0v) is 13.1. The molecule has 4 heteroatoms. The smallest absolute Gasteiger partial charge is 0.144 e. The maximum atomic E-state index is 4.55. The van der Waals surface area contributed by atoms with Crippen LogP contribution in [0.1, 0.15) is 29.4 Å². The molecule has 2 rings (SSSR count). The second kappa shape index (κ2) is 6.15. The molecule has 1 aromatic carbocycles. The molecule has 1 aromatic heterocycles. The van der Waals surface area contributed by atoms with Crippen LogP contribution in [0.2, 0.25) is 0 Å². The van der Waals surface area contributed by atoms with E-state index in [1.807, 2.05) is 6.20 Å². The number of hydrogen-bond donors (Lipinski definition) is 1. The minimum atomic E-state index is 0.758. The third-order valence-electron chi connectivity index (χ3n) is 2.78. The molecule has 19 heavy (non-hydrogen) atoms. The molecular weight excluding hydrogens is 302 g/mol. The van der Waals surface area contributed by atoms with Crippen molar-refractivity contribution in [2.75, 3.05) is 11.9 Å². The molecule has 2 aromatic rings. The first kappa shape index (κ1) is 14.0.